The smallest absolute Gasteiger partial charge is 0.306 e. The molecule has 0 aliphatic rings. The summed E-state index contributed by atoms with van der Waals surface area (Å²) in [6.07, 6.45) is 94.0. The molecule has 0 aromatic heterocycles. The lowest BCUT2D eigenvalue weighted by atomic mass is 10.0. The third kappa shape index (κ3) is 66.8. The van der Waals surface area contributed by atoms with Crippen LogP contribution in [-0.2, 0) is 28.6 Å². The summed E-state index contributed by atoms with van der Waals surface area (Å²) in [5.41, 5.74) is 0. The van der Waals surface area contributed by atoms with Crippen LogP contribution in [-0.4, -0.2) is 37.2 Å². The van der Waals surface area contributed by atoms with E-state index in [2.05, 4.69) is 130 Å². The largest absolute Gasteiger partial charge is 0.462 e. The van der Waals surface area contributed by atoms with Gasteiger partial charge >= 0.3 is 17.9 Å². The Morgan fingerprint density at radius 1 is 0.259 bits per heavy atom. The highest BCUT2D eigenvalue weighted by Crippen LogP contribution is 2.17. The van der Waals surface area contributed by atoms with Crippen LogP contribution in [0.2, 0.25) is 0 Å². The maximum Gasteiger partial charge on any atom is 0.306 e. The molecule has 0 rings (SSSR count). The Labute approximate surface area is 501 Å². The molecule has 464 valence electrons. The Morgan fingerprint density at radius 3 is 0.753 bits per heavy atom. The fourth-order valence-electron chi connectivity index (χ4n) is 9.70. The first-order valence-electron chi connectivity index (χ1n) is 34.4. The van der Waals surface area contributed by atoms with Crippen molar-refractivity contribution in [1.82, 2.24) is 0 Å². The molecule has 6 heteroatoms. The van der Waals surface area contributed by atoms with Gasteiger partial charge in [0.2, 0.25) is 0 Å². The molecule has 1 atom stereocenters. The van der Waals surface area contributed by atoms with Crippen molar-refractivity contribution in [3.8, 4) is 0 Å². The van der Waals surface area contributed by atoms with E-state index in [1.807, 2.05) is 0 Å². The molecule has 0 aromatic rings. The van der Waals surface area contributed by atoms with E-state index in [1.165, 1.54) is 167 Å². The van der Waals surface area contributed by atoms with Crippen LogP contribution >= 0.6 is 0 Å². The minimum Gasteiger partial charge on any atom is -0.462 e. The number of carbonyl (C=O) groups excluding carboxylic acids is 3. The van der Waals surface area contributed by atoms with E-state index in [9.17, 15) is 14.4 Å². The first-order valence-corrected chi connectivity index (χ1v) is 34.4. The first-order chi connectivity index (χ1) is 40.0. The molecule has 0 fully saturated rings. The first kappa shape index (κ1) is 77.1. The van der Waals surface area contributed by atoms with Gasteiger partial charge < -0.3 is 14.2 Å². The average Bonchev–Trinajstić information content (AvgIpc) is 3.46. The van der Waals surface area contributed by atoms with Gasteiger partial charge in [0.15, 0.2) is 6.10 Å². The zero-order chi connectivity index (χ0) is 58.5. The SMILES string of the molecule is CC/C=C\C/C=C\C/C=C\C/C=C\C/C=C\C/C=C\CCCCCCCCCCCCCCCCC(=O)OCC(COC(=O)CCCCCCCCCCCCCCC)OC(=O)CCCCCCCCC/C=C\C/C=C\C/C=C\CC. The molecule has 0 bridgehead atoms. The molecule has 0 aliphatic carbocycles. The summed E-state index contributed by atoms with van der Waals surface area (Å²) in [5.74, 6) is -0.875. The van der Waals surface area contributed by atoms with Crippen molar-refractivity contribution in [3.63, 3.8) is 0 Å². The van der Waals surface area contributed by atoms with E-state index in [0.717, 1.165) is 122 Å². The average molecular weight is 1130 g/mol. The fraction of sp³-hybridized carbons (Fsp3) is 0.720. The van der Waals surface area contributed by atoms with Gasteiger partial charge in [-0.3, -0.25) is 14.4 Å². The van der Waals surface area contributed by atoms with Crippen LogP contribution in [0.15, 0.2) is 109 Å². The highest BCUT2D eigenvalue weighted by Gasteiger charge is 2.19. The van der Waals surface area contributed by atoms with Gasteiger partial charge in [0.05, 0.1) is 0 Å². The van der Waals surface area contributed by atoms with E-state index < -0.39 is 6.10 Å². The lowest BCUT2D eigenvalue weighted by molar-refractivity contribution is -0.167. The highest BCUT2D eigenvalue weighted by molar-refractivity contribution is 5.71. The molecule has 0 N–H and O–H groups in total. The number of rotatable bonds is 62. The summed E-state index contributed by atoms with van der Waals surface area (Å²) in [7, 11) is 0. The van der Waals surface area contributed by atoms with E-state index >= 15 is 0 Å². The second kappa shape index (κ2) is 68.6. The molecule has 0 aliphatic heterocycles. The van der Waals surface area contributed by atoms with Crippen molar-refractivity contribution in [2.75, 3.05) is 13.2 Å². The number of hydrogen-bond donors (Lipinski definition) is 0. The van der Waals surface area contributed by atoms with E-state index in [1.54, 1.807) is 0 Å². The number of esters is 3. The van der Waals surface area contributed by atoms with Gasteiger partial charge in [0.25, 0.3) is 0 Å². The van der Waals surface area contributed by atoms with E-state index in [4.69, 9.17) is 14.2 Å². The minimum atomic E-state index is -0.783. The minimum absolute atomic E-state index is 0.0782. The van der Waals surface area contributed by atoms with Crippen LogP contribution in [0.3, 0.4) is 0 Å². The molecule has 0 spiro atoms. The number of hydrogen-bond acceptors (Lipinski definition) is 6. The zero-order valence-electron chi connectivity index (χ0n) is 53.3. The molecule has 0 saturated heterocycles. The van der Waals surface area contributed by atoms with Gasteiger partial charge in [-0.1, -0.05) is 316 Å². The molecule has 0 saturated carbocycles. The van der Waals surface area contributed by atoms with Crippen molar-refractivity contribution in [2.45, 2.75) is 335 Å². The molecule has 1 unspecified atom stereocenters. The third-order valence-electron chi connectivity index (χ3n) is 14.8. The number of carbonyl (C=O) groups is 3. The lowest BCUT2D eigenvalue weighted by Crippen LogP contribution is -2.30. The standard InChI is InChI=1S/C75H128O6/c1-4-7-10-13-16-19-22-25-27-29-30-31-32-33-34-35-36-37-38-39-40-41-42-43-44-46-47-50-53-56-59-62-65-68-74(77)80-71-72(70-79-73(76)67-64-61-58-55-52-49-24-21-18-15-12-9-6-3)81-75(78)69-66-63-60-57-54-51-48-45-28-26-23-20-17-14-11-8-5-2/h7-8,10-11,16-17,19-20,25-28,30-31,33-34,36-37,72H,4-6,9,12-15,18,21-24,29,32,35,38-71H2,1-3H3/b10-7-,11-8-,19-16-,20-17-,27-25-,28-26-,31-30-,34-33-,37-36-. The Hall–Kier alpha value is -3.93. The Balaban J connectivity index is 4.20. The second-order valence-corrected chi connectivity index (χ2v) is 22.7. The van der Waals surface area contributed by atoms with Crippen molar-refractivity contribution >= 4 is 17.9 Å². The van der Waals surface area contributed by atoms with Gasteiger partial charge in [-0.05, 0) is 103 Å². The number of allylic oxidation sites excluding steroid dienone is 18. The predicted molar refractivity (Wildman–Crippen MR) is 353 cm³/mol. The summed E-state index contributed by atoms with van der Waals surface area (Å²) in [4.78, 5) is 38.4. The molecule has 0 heterocycles. The Morgan fingerprint density at radius 2 is 0.481 bits per heavy atom. The van der Waals surface area contributed by atoms with Crippen molar-refractivity contribution in [3.05, 3.63) is 109 Å². The van der Waals surface area contributed by atoms with Crippen LogP contribution in [0.25, 0.3) is 0 Å². The van der Waals surface area contributed by atoms with Gasteiger partial charge in [-0.15, -0.1) is 0 Å². The molecule has 0 amide bonds. The van der Waals surface area contributed by atoms with Gasteiger partial charge in [0.1, 0.15) is 13.2 Å². The summed E-state index contributed by atoms with van der Waals surface area (Å²) < 4.78 is 16.9. The topological polar surface area (TPSA) is 78.9 Å². The predicted octanol–water partition coefficient (Wildman–Crippen LogP) is 23.8. The second-order valence-electron chi connectivity index (χ2n) is 22.7. The summed E-state index contributed by atoms with van der Waals surface area (Å²) >= 11 is 0. The Bertz CT molecular complexity index is 1620. The molecular weight excluding hydrogens is 997 g/mol. The normalized spacial score (nSPS) is 12.8. The fourth-order valence-corrected chi connectivity index (χ4v) is 9.70. The molecule has 0 aromatic carbocycles. The van der Waals surface area contributed by atoms with Crippen LogP contribution in [0.4, 0.5) is 0 Å². The zero-order valence-corrected chi connectivity index (χ0v) is 53.3. The van der Waals surface area contributed by atoms with Crippen LogP contribution in [0.1, 0.15) is 329 Å². The van der Waals surface area contributed by atoms with Crippen LogP contribution in [0, 0.1) is 0 Å². The lowest BCUT2D eigenvalue weighted by Gasteiger charge is -2.18. The quantitative estimate of drug-likeness (QED) is 0.0261. The molecule has 81 heavy (non-hydrogen) atoms. The van der Waals surface area contributed by atoms with Gasteiger partial charge in [0, 0.05) is 19.3 Å². The van der Waals surface area contributed by atoms with Crippen molar-refractivity contribution in [2.24, 2.45) is 0 Å². The van der Waals surface area contributed by atoms with E-state index in [0.29, 0.717) is 19.3 Å². The highest BCUT2D eigenvalue weighted by atomic mass is 16.6. The molecular formula is C75H128O6. The maximum atomic E-state index is 12.9. The third-order valence-corrected chi connectivity index (χ3v) is 14.8. The van der Waals surface area contributed by atoms with Crippen LogP contribution in [0.5, 0.6) is 0 Å². The maximum absolute atomic E-state index is 12.9. The van der Waals surface area contributed by atoms with Crippen LogP contribution < -0.4 is 0 Å². The number of ether oxygens (including phenoxy) is 3. The summed E-state index contributed by atoms with van der Waals surface area (Å²) in [6, 6.07) is 0. The number of unbranched alkanes of at least 4 members (excludes halogenated alkanes) is 33. The molecule has 0 radical (unpaired) electrons. The van der Waals surface area contributed by atoms with Gasteiger partial charge in [-0.25, -0.2) is 0 Å². The summed E-state index contributed by atoms with van der Waals surface area (Å²) in [6.45, 7) is 6.44. The summed E-state index contributed by atoms with van der Waals surface area (Å²) in [5, 5.41) is 0. The van der Waals surface area contributed by atoms with Gasteiger partial charge in [-0.2, -0.15) is 0 Å². The van der Waals surface area contributed by atoms with E-state index in [-0.39, 0.29) is 31.1 Å². The molecule has 6 nitrogen and oxygen atoms in total. The monoisotopic (exact) mass is 1120 g/mol. The Kier molecular flexibility index (Phi) is 65.2. The van der Waals surface area contributed by atoms with Crippen molar-refractivity contribution in [1.29, 1.82) is 0 Å². The van der Waals surface area contributed by atoms with Crippen molar-refractivity contribution < 1.29 is 28.6 Å².